The van der Waals surface area contributed by atoms with Gasteiger partial charge in [0.25, 0.3) is 0 Å². The van der Waals surface area contributed by atoms with Gasteiger partial charge in [-0.1, -0.05) is 12.1 Å². The van der Waals surface area contributed by atoms with Crippen LogP contribution in [-0.2, 0) is 20.2 Å². The molecule has 0 unspecified atom stereocenters. The maximum atomic E-state index is 13.1. The van der Waals surface area contributed by atoms with Crippen LogP contribution in [0.15, 0.2) is 49.1 Å². The van der Waals surface area contributed by atoms with Crippen LogP contribution < -0.4 is 14.8 Å². The van der Waals surface area contributed by atoms with Crippen molar-refractivity contribution in [2.75, 3.05) is 16.6 Å². The normalized spacial score (nSPS) is 13.9. The van der Waals surface area contributed by atoms with E-state index in [1.807, 2.05) is 19.1 Å². The van der Waals surface area contributed by atoms with Crippen molar-refractivity contribution < 1.29 is 17.9 Å². The van der Waals surface area contributed by atoms with Crippen LogP contribution in [-0.4, -0.2) is 46.1 Å². The number of anilines is 2. The number of ether oxygens (including phenoxy) is 1. The van der Waals surface area contributed by atoms with Gasteiger partial charge in [-0.05, 0) is 45.7 Å². The van der Waals surface area contributed by atoms with Crippen LogP contribution in [0.25, 0.3) is 11.3 Å². The summed E-state index contributed by atoms with van der Waals surface area (Å²) in [6.07, 6.45) is 7.27. The number of hydrogen-bond acceptors (Lipinski definition) is 8. The van der Waals surface area contributed by atoms with Crippen LogP contribution in [0.5, 0.6) is 5.88 Å². The molecule has 1 fully saturated rings. The molecule has 3 aromatic rings. The SMILES string of the molecule is CCOc1cncc(-c2ccc(NC(=O)C(C)(C)c3cncc(NS(=O)(=O)C4CC4)n3)cc2)n1. The zero-order valence-corrected chi connectivity index (χ0v) is 20.0. The van der Waals surface area contributed by atoms with Crippen molar-refractivity contribution in [2.45, 2.75) is 44.3 Å². The number of carbonyl (C=O) groups is 1. The van der Waals surface area contributed by atoms with E-state index in [1.165, 1.54) is 12.4 Å². The van der Waals surface area contributed by atoms with Gasteiger partial charge < -0.3 is 10.1 Å². The van der Waals surface area contributed by atoms with Crippen LogP contribution in [0.2, 0.25) is 0 Å². The lowest BCUT2D eigenvalue weighted by atomic mass is 9.88. The Morgan fingerprint density at radius 2 is 1.76 bits per heavy atom. The van der Waals surface area contributed by atoms with Gasteiger partial charge in [0, 0.05) is 17.4 Å². The first-order chi connectivity index (χ1) is 16.2. The second kappa shape index (κ2) is 9.34. The number of hydrogen-bond donors (Lipinski definition) is 2. The minimum absolute atomic E-state index is 0.102. The molecule has 0 saturated heterocycles. The summed E-state index contributed by atoms with van der Waals surface area (Å²) in [5.41, 5.74) is 1.36. The Hall–Kier alpha value is -3.60. The van der Waals surface area contributed by atoms with E-state index in [0.717, 1.165) is 5.56 Å². The van der Waals surface area contributed by atoms with Crippen LogP contribution in [0.1, 0.15) is 39.3 Å². The first-order valence-corrected chi connectivity index (χ1v) is 12.4. The number of rotatable bonds is 9. The monoisotopic (exact) mass is 482 g/mol. The fraction of sp³-hybridized carbons (Fsp3) is 0.348. The Kier molecular flexibility index (Phi) is 6.47. The van der Waals surface area contributed by atoms with Gasteiger partial charge in [-0.25, -0.2) is 18.4 Å². The molecule has 178 valence electrons. The molecule has 1 amide bonds. The summed E-state index contributed by atoms with van der Waals surface area (Å²) in [6, 6.07) is 7.19. The van der Waals surface area contributed by atoms with E-state index >= 15 is 0 Å². The van der Waals surface area contributed by atoms with Gasteiger partial charge in [-0.2, -0.15) is 0 Å². The third-order valence-electron chi connectivity index (χ3n) is 5.40. The highest BCUT2D eigenvalue weighted by Gasteiger charge is 2.37. The average molecular weight is 483 g/mol. The quantitative estimate of drug-likeness (QED) is 0.475. The molecule has 1 saturated carbocycles. The standard InChI is InChI=1S/C23H26N6O4S/c1-4-33-21-14-24-11-18(27-21)15-5-7-16(8-6-15)26-22(30)23(2,3)19-12-25-13-20(28-19)29-34(31,32)17-9-10-17/h5-8,11-14,17H,4,9-10H2,1-3H3,(H,26,30)(H,28,29). The van der Waals surface area contributed by atoms with E-state index in [4.69, 9.17) is 4.74 Å². The average Bonchev–Trinajstić information content (AvgIpc) is 3.66. The van der Waals surface area contributed by atoms with Crippen LogP contribution in [0, 0.1) is 0 Å². The molecule has 34 heavy (non-hydrogen) atoms. The molecule has 2 aromatic heterocycles. The molecule has 1 aromatic carbocycles. The fourth-order valence-electron chi connectivity index (χ4n) is 3.16. The number of amides is 1. The summed E-state index contributed by atoms with van der Waals surface area (Å²) < 4.78 is 32.3. The fourth-order valence-corrected chi connectivity index (χ4v) is 4.47. The Morgan fingerprint density at radius 1 is 1.06 bits per heavy atom. The third kappa shape index (κ3) is 5.30. The summed E-state index contributed by atoms with van der Waals surface area (Å²) in [7, 11) is -3.47. The summed E-state index contributed by atoms with van der Waals surface area (Å²) >= 11 is 0. The van der Waals surface area contributed by atoms with Crippen molar-refractivity contribution in [2.24, 2.45) is 0 Å². The third-order valence-corrected chi connectivity index (χ3v) is 7.24. The largest absolute Gasteiger partial charge is 0.477 e. The first kappa shape index (κ1) is 23.6. The Labute approximate surface area is 198 Å². The van der Waals surface area contributed by atoms with E-state index in [0.29, 0.717) is 42.4 Å². The number of sulfonamides is 1. The molecule has 10 nitrogen and oxygen atoms in total. The van der Waals surface area contributed by atoms with Crippen molar-refractivity contribution in [3.05, 3.63) is 54.7 Å². The number of nitrogens with zero attached hydrogens (tertiary/aromatic N) is 4. The number of nitrogens with one attached hydrogen (secondary N) is 2. The summed E-state index contributed by atoms with van der Waals surface area (Å²) in [5.74, 6) is 0.238. The lowest BCUT2D eigenvalue weighted by Crippen LogP contribution is -2.36. The van der Waals surface area contributed by atoms with E-state index in [-0.39, 0.29) is 17.0 Å². The topological polar surface area (TPSA) is 136 Å². The molecule has 2 N–H and O–H groups in total. The highest BCUT2D eigenvalue weighted by molar-refractivity contribution is 7.93. The molecule has 11 heteroatoms. The molecule has 2 heterocycles. The minimum Gasteiger partial charge on any atom is -0.477 e. The summed E-state index contributed by atoms with van der Waals surface area (Å²) in [5, 5.41) is 2.50. The van der Waals surface area contributed by atoms with E-state index in [1.54, 1.807) is 38.4 Å². The molecule has 0 spiro atoms. The maximum absolute atomic E-state index is 13.1. The second-order valence-corrected chi connectivity index (χ2v) is 10.4. The van der Waals surface area contributed by atoms with Gasteiger partial charge >= 0.3 is 0 Å². The second-order valence-electron chi connectivity index (χ2n) is 8.47. The van der Waals surface area contributed by atoms with Crippen LogP contribution in [0.3, 0.4) is 0 Å². The van der Waals surface area contributed by atoms with Gasteiger partial charge in [0.05, 0.1) is 47.3 Å². The predicted molar refractivity (Wildman–Crippen MR) is 128 cm³/mol. The van der Waals surface area contributed by atoms with Gasteiger partial charge in [0.15, 0.2) is 5.82 Å². The Bertz CT molecular complexity index is 1290. The van der Waals surface area contributed by atoms with Gasteiger partial charge in [0.2, 0.25) is 21.8 Å². The number of aromatic nitrogens is 4. The molecule has 1 aliphatic carbocycles. The molecular formula is C23H26N6O4S. The Balaban J connectivity index is 1.46. The summed E-state index contributed by atoms with van der Waals surface area (Å²) in [4.78, 5) is 30.0. The lowest BCUT2D eigenvalue weighted by molar-refractivity contribution is -0.120. The first-order valence-electron chi connectivity index (χ1n) is 10.9. The van der Waals surface area contributed by atoms with Crippen molar-refractivity contribution in [1.29, 1.82) is 0 Å². The highest BCUT2D eigenvalue weighted by atomic mass is 32.2. The van der Waals surface area contributed by atoms with Crippen molar-refractivity contribution >= 4 is 27.4 Å². The molecular weight excluding hydrogens is 456 g/mol. The van der Waals surface area contributed by atoms with Crippen molar-refractivity contribution in [1.82, 2.24) is 19.9 Å². The smallest absolute Gasteiger partial charge is 0.236 e. The molecule has 0 bridgehead atoms. The molecule has 0 aliphatic heterocycles. The summed E-state index contributed by atoms with van der Waals surface area (Å²) in [6.45, 7) is 5.78. The van der Waals surface area contributed by atoms with Crippen LogP contribution >= 0.6 is 0 Å². The molecule has 1 aliphatic rings. The number of carbonyl (C=O) groups excluding carboxylic acids is 1. The Morgan fingerprint density at radius 3 is 2.44 bits per heavy atom. The molecule has 0 radical (unpaired) electrons. The van der Waals surface area contributed by atoms with Gasteiger partial charge in [-0.3, -0.25) is 19.5 Å². The zero-order valence-electron chi connectivity index (χ0n) is 19.1. The minimum atomic E-state index is -3.47. The molecule has 0 atom stereocenters. The highest BCUT2D eigenvalue weighted by Crippen LogP contribution is 2.30. The lowest BCUT2D eigenvalue weighted by Gasteiger charge is -2.23. The van der Waals surface area contributed by atoms with Crippen molar-refractivity contribution in [3.8, 4) is 17.1 Å². The van der Waals surface area contributed by atoms with Crippen molar-refractivity contribution in [3.63, 3.8) is 0 Å². The van der Waals surface area contributed by atoms with E-state index in [2.05, 4.69) is 30.0 Å². The van der Waals surface area contributed by atoms with E-state index in [9.17, 15) is 13.2 Å². The van der Waals surface area contributed by atoms with Crippen LogP contribution in [0.4, 0.5) is 11.5 Å². The van der Waals surface area contributed by atoms with Gasteiger partial charge in [0.1, 0.15) is 0 Å². The maximum Gasteiger partial charge on any atom is 0.236 e. The molecule has 4 rings (SSSR count). The zero-order chi connectivity index (χ0) is 24.3. The predicted octanol–water partition coefficient (Wildman–Crippen LogP) is 3.15. The van der Waals surface area contributed by atoms with Gasteiger partial charge in [-0.15, -0.1) is 0 Å². The van der Waals surface area contributed by atoms with E-state index < -0.39 is 15.4 Å². The number of benzene rings is 1.